The lowest BCUT2D eigenvalue weighted by atomic mass is 10.2. The molecule has 0 saturated carbocycles. The zero-order valence-electron chi connectivity index (χ0n) is 12.9. The summed E-state index contributed by atoms with van der Waals surface area (Å²) in [5.74, 6) is 0.985. The first-order valence-electron chi connectivity index (χ1n) is 6.94. The standard InChI is InChI=1S/C17H17BrN2O3/c1-12-9-14(7-8-15(12)18)23-11-17(21)20-19-10-13-5-3-4-6-16(13)22-2/h3-10H,11H2,1-2H3,(H,20,21)/b19-10+. The van der Waals surface area contributed by atoms with Crippen molar-refractivity contribution in [3.05, 3.63) is 58.1 Å². The maximum absolute atomic E-state index is 11.7. The Morgan fingerprint density at radius 3 is 2.83 bits per heavy atom. The van der Waals surface area contributed by atoms with Gasteiger partial charge in [-0.3, -0.25) is 4.79 Å². The third kappa shape index (κ3) is 5.10. The highest BCUT2D eigenvalue weighted by atomic mass is 79.9. The van der Waals surface area contributed by atoms with Crippen LogP contribution in [0.5, 0.6) is 11.5 Å². The van der Waals surface area contributed by atoms with Gasteiger partial charge in [-0.05, 0) is 42.8 Å². The second-order valence-electron chi connectivity index (χ2n) is 4.73. The minimum absolute atomic E-state index is 0.107. The van der Waals surface area contributed by atoms with Crippen molar-refractivity contribution in [2.75, 3.05) is 13.7 Å². The third-order valence-corrected chi connectivity index (χ3v) is 3.92. The molecule has 0 spiro atoms. The van der Waals surface area contributed by atoms with Crippen LogP contribution in [0.4, 0.5) is 0 Å². The number of nitrogens with one attached hydrogen (secondary N) is 1. The van der Waals surface area contributed by atoms with Crippen LogP contribution in [0.15, 0.2) is 52.0 Å². The van der Waals surface area contributed by atoms with Gasteiger partial charge >= 0.3 is 0 Å². The van der Waals surface area contributed by atoms with Crippen LogP contribution in [0.1, 0.15) is 11.1 Å². The molecule has 2 rings (SSSR count). The van der Waals surface area contributed by atoms with Gasteiger partial charge in [0.2, 0.25) is 0 Å². The van der Waals surface area contributed by atoms with Crippen LogP contribution in [0.3, 0.4) is 0 Å². The summed E-state index contributed by atoms with van der Waals surface area (Å²) in [6.07, 6.45) is 1.53. The van der Waals surface area contributed by atoms with Gasteiger partial charge in [-0.1, -0.05) is 28.1 Å². The summed E-state index contributed by atoms with van der Waals surface area (Å²) in [5, 5.41) is 3.90. The number of halogens is 1. The van der Waals surface area contributed by atoms with Gasteiger partial charge < -0.3 is 9.47 Å². The van der Waals surface area contributed by atoms with Gasteiger partial charge in [-0.2, -0.15) is 5.10 Å². The number of carbonyl (C=O) groups is 1. The van der Waals surface area contributed by atoms with Gasteiger partial charge in [0.15, 0.2) is 6.61 Å². The number of aryl methyl sites for hydroxylation is 1. The Hall–Kier alpha value is -2.34. The van der Waals surface area contributed by atoms with Gasteiger partial charge in [0.25, 0.3) is 5.91 Å². The summed E-state index contributed by atoms with van der Waals surface area (Å²) in [7, 11) is 1.58. The first-order chi connectivity index (χ1) is 11.1. The molecule has 2 aromatic carbocycles. The normalized spacial score (nSPS) is 10.6. The summed E-state index contributed by atoms with van der Waals surface area (Å²) in [4.78, 5) is 11.7. The molecule has 0 fully saturated rings. The van der Waals surface area contributed by atoms with Crippen LogP contribution in [0, 0.1) is 6.92 Å². The molecule has 6 heteroatoms. The first-order valence-corrected chi connectivity index (χ1v) is 7.73. The minimum atomic E-state index is -0.336. The molecule has 0 bridgehead atoms. The third-order valence-electron chi connectivity index (χ3n) is 3.03. The van der Waals surface area contributed by atoms with E-state index >= 15 is 0 Å². The number of hydrazone groups is 1. The number of nitrogens with zero attached hydrogens (tertiary/aromatic N) is 1. The Kier molecular flexibility index (Phi) is 6.17. The van der Waals surface area contributed by atoms with Gasteiger partial charge in [-0.15, -0.1) is 0 Å². The van der Waals surface area contributed by atoms with E-state index in [1.54, 1.807) is 13.2 Å². The number of amides is 1. The lowest BCUT2D eigenvalue weighted by Crippen LogP contribution is -2.24. The monoisotopic (exact) mass is 376 g/mol. The molecule has 5 nitrogen and oxygen atoms in total. The van der Waals surface area contributed by atoms with E-state index in [9.17, 15) is 4.79 Å². The fraction of sp³-hybridized carbons (Fsp3) is 0.176. The molecule has 1 N–H and O–H groups in total. The number of methoxy groups -OCH3 is 1. The molecular weight excluding hydrogens is 360 g/mol. The molecule has 0 radical (unpaired) electrons. The SMILES string of the molecule is COc1ccccc1/C=N/NC(=O)COc1ccc(Br)c(C)c1. The van der Waals surface area contributed by atoms with E-state index in [1.165, 1.54) is 6.21 Å². The van der Waals surface area contributed by atoms with Crippen molar-refractivity contribution < 1.29 is 14.3 Å². The Balaban J connectivity index is 1.85. The summed E-state index contributed by atoms with van der Waals surface area (Å²) in [5.41, 5.74) is 4.24. The Morgan fingerprint density at radius 1 is 1.30 bits per heavy atom. The van der Waals surface area contributed by atoms with Crippen molar-refractivity contribution >= 4 is 28.1 Å². The molecule has 0 saturated heterocycles. The molecule has 1 amide bonds. The number of rotatable bonds is 6. The predicted molar refractivity (Wildman–Crippen MR) is 93.1 cm³/mol. The van der Waals surface area contributed by atoms with E-state index in [4.69, 9.17) is 9.47 Å². The number of hydrogen-bond donors (Lipinski definition) is 1. The smallest absolute Gasteiger partial charge is 0.277 e. The Labute approximate surface area is 143 Å². The summed E-state index contributed by atoms with van der Waals surface area (Å²) in [6, 6.07) is 12.9. The minimum Gasteiger partial charge on any atom is -0.496 e. The number of ether oxygens (including phenoxy) is 2. The molecule has 0 atom stereocenters. The largest absolute Gasteiger partial charge is 0.496 e. The van der Waals surface area contributed by atoms with Crippen molar-refractivity contribution in [3.63, 3.8) is 0 Å². The Bertz CT molecular complexity index is 717. The lowest BCUT2D eigenvalue weighted by molar-refractivity contribution is -0.123. The summed E-state index contributed by atoms with van der Waals surface area (Å²) >= 11 is 3.41. The van der Waals surface area contributed by atoms with Crippen molar-refractivity contribution in [2.45, 2.75) is 6.92 Å². The maximum Gasteiger partial charge on any atom is 0.277 e. The maximum atomic E-state index is 11.7. The highest BCUT2D eigenvalue weighted by Crippen LogP contribution is 2.21. The van der Waals surface area contributed by atoms with Crippen molar-refractivity contribution in [1.29, 1.82) is 0 Å². The van der Waals surface area contributed by atoms with Crippen LogP contribution in [0.25, 0.3) is 0 Å². The van der Waals surface area contributed by atoms with Gasteiger partial charge in [0, 0.05) is 10.0 Å². The van der Waals surface area contributed by atoms with Crippen LogP contribution >= 0.6 is 15.9 Å². The number of hydrogen-bond acceptors (Lipinski definition) is 4. The molecule has 0 aliphatic carbocycles. The molecule has 0 heterocycles. The molecule has 23 heavy (non-hydrogen) atoms. The number of carbonyl (C=O) groups excluding carboxylic acids is 1. The predicted octanol–water partition coefficient (Wildman–Crippen LogP) is 3.30. The van der Waals surface area contributed by atoms with Gasteiger partial charge in [0.1, 0.15) is 11.5 Å². The van der Waals surface area contributed by atoms with Crippen LogP contribution in [-0.4, -0.2) is 25.8 Å². The van der Waals surface area contributed by atoms with Gasteiger partial charge in [-0.25, -0.2) is 5.43 Å². The van der Waals surface area contributed by atoms with Crippen molar-refractivity contribution in [2.24, 2.45) is 5.10 Å². The Morgan fingerprint density at radius 2 is 2.09 bits per heavy atom. The molecule has 0 aliphatic rings. The molecule has 0 aromatic heterocycles. The van der Waals surface area contributed by atoms with Gasteiger partial charge in [0.05, 0.1) is 13.3 Å². The van der Waals surface area contributed by atoms with E-state index < -0.39 is 0 Å². The molecule has 0 unspecified atom stereocenters. The lowest BCUT2D eigenvalue weighted by Gasteiger charge is -2.07. The fourth-order valence-corrected chi connectivity index (χ4v) is 2.08. The zero-order chi connectivity index (χ0) is 16.7. The van der Waals surface area contributed by atoms with E-state index in [0.717, 1.165) is 15.6 Å². The summed E-state index contributed by atoms with van der Waals surface area (Å²) < 4.78 is 11.6. The van der Waals surface area contributed by atoms with Crippen molar-refractivity contribution in [1.82, 2.24) is 5.43 Å². The van der Waals surface area contributed by atoms with Crippen LogP contribution in [-0.2, 0) is 4.79 Å². The fourth-order valence-electron chi connectivity index (χ4n) is 1.84. The van der Waals surface area contributed by atoms with E-state index in [2.05, 4.69) is 26.5 Å². The highest BCUT2D eigenvalue weighted by molar-refractivity contribution is 9.10. The average Bonchev–Trinajstić information content (AvgIpc) is 2.56. The van der Waals surface area contributed by atoms with E-state index in [-0.39, 0.29) is 12.5 Å². The van der Waals surface area contributed by atoms with Crippen LogP contribution < -0.4 is 14.9 Å². The molecule has 0 aliphatic heterocycles. The number of para-hydroxylation sites is 1. The molecule has 2 aromatic rings. The zero-order valence-corrected chi connectivity index (χ0v) is 14.5. The average molecular weight is 377 g/mol. The van der Waals surface area contributed by atoms with E-state index in [1.807, 2.05) is 43.3 Å². The van der Waals surface area contributed by atoms with E-state index in [0.29, 0.717) is 11.5 Å². The second kappa shape index (κ2) is 8.33. The van der Waals surface area contributed by atoms with Crippen LogP contribution in [0.2, 0.25) is 0 Å². The molecular formula is C17H17BrN2O3. The topological polar surface area (TPSA) is 59.9 Å². The summed E-state index contributed by atoms with van der Waals surface area (Å²) in [6.45, 7) is 1.85. The highest BCUT2D eigenvalue weighted by Gasteiger charge is 2.03. The molecule has 120 valence electrons. The first kappa shape index (κ1) is 17.0. The second-order valence-corrected chi connectivity index (χ2v) is 5.59. The van der Waals surface area contributed by atoms with Crippen molar-refractivity contribution in [3.8, 4) is 11.5 Å². The number of benzene rings is 2. The quantitative estimate of drug-likeness (QED) is 0.621.